The van der Waals surface area contributed by atoms with E-state index in [0.717, 1.165) is 0 Å². The van der Waals surface area contributed by atoms with Crippen LogP contribution in [0.2, 0.25) is 0 Å². The highest BCUT2D eigenvalue weighted by Crippen LogP contribution is 2.28. The Labute approximate surface area is 132 Å². The smallest absolute Gasteiger partial charge is 0.387 e. The Kier molecular flexibility index (Phi) is 3.94. The maximum Gasteiger partial charge on any atom is 0.387 e. The molecule has 2 aromatic carbocycles. The van der Waals surface area contributed by atoms with Crippen molar-refractivity contribution < 1.29 is 17.9 Å². The lowest BCUT2D eigenvalue weighted by Crippen LogP contribution is -2.02. The molecule has 0 fully saturated rings. The maximum absolute atomic E-state index is 12.1. The fourth-order valence-electron chi connectivity index (χ4n) is 2.09. The first-order valence-corrected chi connectivity index (χ1v) is 7.11. The van der Waals surface area contributed by atoms with Gasteiger partial charge in [0.25, 0.3) is 0 Å². The van der Waals surface area contributed by atoms with Gasteiger partial charge >= 0.3 is 6.61 Å². The highest BCUT2D eigenvalue weighted by molar-refractivity contribution is 9.10. The third-order valence-electron chi connectivity index (χ3n) is 3.07. The van der Waals surface area contributed by atoms with Crippen molar-refractivity contribution in [3.05, 3.63) is 63.2 Å². The standard InChI is InChI=1S/C16H9BrF2O3/c17-12-3-1-2-11-13(20)8-14(22-15(11)12)9-4-6-10(7-5-9)21-16(18)19/h1-8,16H. The molecule has 112 valence electrons. The third-order valence-corrected chi connectivity index (χ3v) is 3.70. The SMILES string of the molecule is O=c1cc(-c2ccc(OC(F)F)cc2)oc2c(Br)cccc12. The van der Waals surface area contributed by atoms with E-state index in [1.165, 1.54) is 18.2 Å². The normalized spacial score (nSPS) is 11.1. The van der Waals surface area contributed by atoms with E-state index in [1.54, 1.807) is 30.3 Å². The van der Waals surface area contributed by atoms with Gasteiger partial charge < -0.3 is 9.15 Å². The van der Waals surface area contributed by atoms with Gasteiger partial charge in [-0.15, -0.1) is 0 Å². The van der Waals surface area contributed by atoms with E-state index in [-0.39, 0.29) is 11.2 Å². The van der Waals surface area contributed by atoms with Gasteiger partial charge in [-0.3, -0.25) is 4.79 Å². The molecule has 1 aromatic heterocycles. The number of hydrogen-bond acceptors (Lipinski definition) is 3. The molecular formula is C16H9BrF2O3. The van der Waals surface area contributed by atoms with Crippen LogP contribution < -0.4 is 10.2 Å². The van der Waals surface area contributed by atoms with E-state index >= 15 is 0 Å². The topological polar surface area (TPSA) is 39.4 Å². The zero-order valence-electron chi connectivity index (χ0n) is 11.1. The molecule has 0 aliphatic heterocycles. The Morgan fingerprint density at radius 2 is 1.82 bits per heavy atom. The van der Waals surface area contributed by atoms with E-state index in [0.29, 0.717) is 26.8 Å². The number of alkyl halides is 2. The van der Waals surface area contributed by atoms with Crippen LogP contribution in [0.1, 0.15) is 0 Å². The molecule has 0 aliphatic rings. The first kappa shape index (κ1) is 14.7. The van der Waals surface area contributed by atoms with Crippen molar-refractivity contribution in [2.24, 2.45) is 0 Å². The number of benzene rings is 2. The van der Waals surface area contributed by atoms with Gasteiger partial charge in [-0.05, 0) is 52.3 Å². The first-order chi connectivity index (χ1) is 10.5. The fraction of sp³-hybridized carbons (Fsp3) is 0.0625. The number of para-hydroxylation sites is 1. The molecule has 3 aromatic rings. The van der Waals surface area contributed by atoms with Crippen molar-refractivity contribution in [1.29, 1.82) is 0 Å². The van der Waals surface area contributed by atoms with Crippen molar-refractivity contribution in [3.63, 3.8) is 0 Å². The van der Waals surface area contributed by atoms with Crippen molar-refractivity contribution in [3.8, 4) is 17.1 Å². The minimum Gasteiger partial charge on any atom is -0.455 e. The minimum absolute atomic E-state index is 0.0445. The molecule has 3 nitrogen and oxygen atoms in total. The first-order valence-electron chi connectivity index (χ1n) is 6.32. The quantitative estimate of drug-likeness (QED) is 0.666. The molecule has 0 N–H and O–H groups in total. The van der Waals surface area contributed by atoms with Crippen LogP contribution in [0, 0.1) is 0 Å². The monoisotopic (exact) mass is 366 g/mol. The Morgan fingerprint density at radius 3 is 2.50 bits per heavy atom. The van der Waals surface area contributed by atoms with Gasteiger partial charge in [0.15, 0.2) is 11.0 Å². The van der Waals surface area contributed by atoms with Crippen LogP contribution >= 0.6 is 15.9 Å². The van der Waals surface area contributed by atoms with Gasteiger partial charge in [0.05, 0.1) is 9.86 Å². The molecule has 0 amide bonds. The second-order valence-corrected chi connectivity index (χ2v) is 5.35. The van der Waals surface area contributed by atoms with Crippen LogP contribution in [-0.2, 0) is 0 Å². The summed E-state index contributed by atoms with van der Waals surface area (Å²) >= 11 is 3.34. The summed E-state index contributed by atoms with van der Waals surface area (Å²) in [7, 11) is 0. The lowest BCUT2D eigenvalue weighted by Gasteiger charge is -2.07. The summed E-state index contributed by atoms with van der Waals surface area (Å²) in [6.07, 6.45) is 0. The largest absolute Gasteiger partial charge is 0.455 e. The van der Waals surface area contributed by atoms with Crippen LogP contribution in [0.25, 0.3) is 22.3 Å². The molecule has 6 heteroatoms. The van der Waals surface area contributed by atoms with E-state index in [4.69, 9.17) is 4.42 Å². The molecule has 0 spiro atoms. The van der Waals surface area contributed by atoms with Crippen LogP contribution in [0.5, 0.6) is 5.75 Å². The molecule has 0 saturated carbocycles. The van der Waals surface area contributed by atoms with Gasteiger partial charge in [0, 0.05) is 11.6 Å². The highest BCUT2D eigenvalue weighted by Gasteiger charge is 2.10. The third kappa shape index (κ3) is 2.87. The Balaban J connectivity index is 2.07. The van der Waals surface area contributed by atoms with E-state index in [2.05, 4.69) is 20.7 Å². The zero-order chi connectivity index (χ0) is 15.7. The average molecular weight is 367 g/mol. The predicted molar refractivity (Wildman–Crippen MR) is 82.3 cm³/mol. The molecule has 0 radical (unpaired) electrons. The number of fused-ring (bicyclic) bond motifs is 1. The molecule has 0 unspecified atom stereocenters. The summed E-state index contributed by atoms with van der Waals surface area (Å²) < 4.78 is 35.0. The van der Waals surface area contributed by atoms with Crippen LogP contribution in [0.15, 0.2) is 62.2 Å². The second kappa shape index (κ2) is 5.88. The number of halogens is 3. The van der Waals surface area contributed by atoms with Crippen molar-refractivity contribution in [1.82, 2.24) is 0 Å². The minimum atomic E-state index is -2.87. The zero-order valence-corrected chi connectivity index (χ0v) is 12.6. The van der Waals surface area contributed by atoms with E-state index in [1.807, 2.05) is 0 Å². The van der Waals surface area contributed by atoms with Gasteiger partial charge in [0.2, 0.25) is 0 Å². The molecule has 0 aliphatic carbocycles. The number of ether oxygens (including phenoxy) is 1. The van der Waals surface area contributed by atoms with Gasteiger partial charge in [0.1, 0.15) is 11.5 Å². The molecular weight excluding hydrogens is 358 g/mol. The Bertz CT molecular complexity index is 873. The fourth-order valence-corrected chi connectivity index (χ4v) is 2.53. The number of rotatable bonds is 3. The average Bonchev–Trinajstić information content (AvgIpc) is 2.48. The number of hydrogen-bond donors (Lipinski definition) is 0. The second-order valence-electron chi connectivity index (χ2n) is 4.49. The van der Waals surface area contributed by atoms with E-state index in [9.17, 15) is 13.6 Å². The Hall–Kier alpha value is -2.21. The molecule has 0 bridgehead atoms. The predicted octanol–water partition coefficient (Wildman–Crippen LogP) is 4.82. The maximum atomic E-state index is 12.1. The summed E-state index contributed by atoms with van der Waals surface area (Å²) in [6, 6.07) is 12.5. The Morgan fingerprint density at radius 1 is 1.09 bits per heavy atom. The van der Waals surface area contributed by atoms with Gasteiger partial charge in [-0.25, -0.2) is 0 Å². The van der Waals surface area contributed by atoms with Crippen molar-refractivity contribution in [2.75, 3.05) is 0 Å². The highest BCUT2D eigenvalue weighted by atomic mass is 79.9. The summed E-state index contributed by atoms with van der Waals surface area (Å²) in [5.41, 5.74) is 0.861. The molecule has 3 rings (SSSR count). The lowest BCUT2D eigenvalue weighted by molar-refractivity contribution is -0.0498. The van der Waals surface area contributed by atoms with Crippen molar-refractivity contribution in [2.45, 2.75) is 6.61 Å². The van der Waals surface area contributed by atoms with Crippen molar-refractivity contribution >= 4 is 26.9 Å². The van der Waals surface area contributed by atoms with Crippen LogP contribution in [0.4, 0.5) is 8.78 Å². The molecule has 22 heavy (non-hydrogen) atoms. The molecule has 1 heterocycles. The van der Waals surface area contributed by atoms with Gasteiger partial charge in [-0.2, -0.15) is 8.78 Å². The van der Waals surface area contributed by atoms with E-state index < -0.39 is 6.61 Å². The summed E-state index contributed by atoms with van der Waals surface area (Å²) in [5.74, 6) is 0.399. The lowest BCUT2D eigenvalue weighted by atomic mass is 10.1. The summed E-state index contributed by atoms with van der Waals surface area (Å²) in [5, 5.41) is 0.468. The van der Waals surface area contributed by atoms with Gasteiger partial charge in [-0.1, -0.05) is 6.07 Å². The molecule has 0 saturated heterocycles. The molecule has 0 atom stereocenters. The summed E-state index contributed by atoms with van der Waals surface area (Å²) in [6.45, 7) is -2.87. The summed E-state index contributed by atoms with van der Waals surface area (Å²) in [4.78, 5) is 12.1. The van der Waals surface area contributed by atoms with Crippen LogP contribution in [0.3, 0.4) is 0 Å². The van der Waals surface area contributed by atoms with Crippen LogP contribution in [-0.4, -0.2) is 6.61 Å².